The van der Waals surface area contributed by atoms with E-state index in [2.05, 4.69) is 16.0 Å². The summed E-state index contributed by atoms with van der Waals surface area (Å²) in [7, 11) is 1.66. The number of nitrogens with zero attached hydrogens (tertiary/aromatic N) is 4. The molecule has 0 amide bonds. The summed E-state index contributed by atoms with van der Waals surface area (Å²) in [6.45, 7) is 0.814. The van der Waals surface area contributed by atoms with Gasteiger partial charge in [0.15, 0.2) is 5.82 Å². The van der Waals surface area contributed by atoms with Gasteiger partial charge in [-0.15, -0.1) is 0 Å². The van der Waals surface area contributed by atoms with Crippen LogP contribution in [0.2, 0.25) is 5.02 Å². The van der Waals surface area contributed by atoms with E-state index in [1.807, 2.05) is 42.5 Å². The number of hydrogen-bond acceptors (Lipinski definition) is 5. The lowest BCUT2D eigenvalue weighted by molar-refractivity contribution is 0.415. The van der Waals surface area contributed by atoms with Crippen molar-refractivity contribution in [1.29, 1.82) is 0 Å². The molecule has 0 atom stereocenters. The Morgan fingerprint density at radius 3 is 2.82 bits per heavy atom. The number of pyridine rings is 1. The summed E-state index contributed by atoms with van der Waals surface area (Å²) in [5.74, 6) is 2.24. The van der Waals surface area contributed by atoms with E-state index in [1.165, 1.54) is 5.56 Å². The number of rotatable bonds is 3. The first-order valence-electron chi connectivity index (χ1n) is 9.06. The van der Waals surface area contributed by atoms with Crippen LogP contribution in [0.3, 0.4) is 0 Å². The lowest BCUT2D eigenvalue weighted by atomic mass is 10.1. The normalized spacial score (nSPS) is 13.0. The van der Waals surface area contributed by atoms with Crippen molar-refractivity contribution >= 4 is 34.0 Å². The number of para-hydroxylation sites is 1. The number of aromatic nitrogens is 3. The van der Waals surface area contributed by atoms with Gasteiger partial charge in [-0.2, -0.15) is 0 Å². The Kier molecular flexibility index (Phi) is 4.10. The maximum absolute atomic E-state index is 6.56. The number of halogens is 1. The molecule has 0 N–H and O–H groups in total. The van der Waals surface area contributed by atoms with Gasteiger partial charge < -0.3 is 9.64 Å². The van der Waals surface area contributed by atoms with Gasteiger partial charge in [-0.05, 0) is 48.4 Å². The summed E-state index contributed by atoms with van der Waals surface area (Å²) in [6.07, 6.45) is 4.44. The molecule has 0 aliphatic carbocycles. The highest BCUT2D eigenvalue weighted by Crippen LogP contribution is 2.42. The van der Waals surface area contributed by atoms with Crippen molar-refractivity contribution in [1.82, 2.24) is 15.0 Å². The number of hydrogen-bond donors (Lipinski definition) is 0. The highest BCUT2D eigenvalue weighted by atomic mass is 35.5. The van der Waals surface area contributed by atoms with Crippen LogP contribution < -0.4 is 9.64 Å². The number of methoxy groups -OCH3 is 1. The van der Waals surface area contributed by atoms with Crippen LogP contribution in [-0.4, -0.2) is 28.6 Å². The minimum absolute atomic E-state index is 0.640. The monoisotopic (exact) mass is 388 g/mol. The minimum Gasteiger partial charge on any atom is -0.497 e. The Morgan fingerprint density at radius 2 is 2.00 bits per heavy atom. The Balaban J connectivity index is 1.77. The van der Waals surface area contributed by atoms with E-state index in [1.54, 1.807) is 19.5 Å². The molecule has 0 fully saturated rings. The first-order chi connectivity index (χ1) is 13.7. The molecule has 1 aliphatic heterocycles. The minimum atomic E-state index is 0.640. The lowest BCUT2D eigenvalue weighted by Gasteiger charge is -2.22. The first-order valence-corrected chi connectivity index (χ1v) is 9.43. The molecule has 2 aromatic carbocycles. The maximum atomic E-state index is 6.56. The van der Waals surface area contributed by atoms with Gasteiger partial charge in [0.1, 0.15) is 11.6 Å². The van der Waals surface area contributed by atoms with Gasteiger partial charge in [-0.3, -0.25) is 4.98 Å². The topological polar surface area (TPSA) is 51.1 Å². The zero-order valence-corrected chi connectivity index (χ0v) is 16.0. The van der Waals surface area contributed by atoms with E-state index in [-0.39, 0.29) is 0 Å². The molecular weight excluding hydrogens is 372 g/mol. The fourth-order valence-corrected chi connectivity index (χ4v) is 3.96. The zero-order valence-electron chi connectivity index (χ0n) is 15.3. The van der Waals surface area contributed by atoms with E-state index < -0.39 is 0 Å². The third-order valence-electron chi connectivity index (χ3n) is 5.00. The Bertz CT molecular complexity index is 1180. The molecule has 0 spiro atoms. The average molecular weight is 389 g/mol. The van der Waals surface area contributed by atoms with E-state index in [9.17, 15) is 0 Å². The van der Waals surface area contributed by atoms with E-state index >= 15 is 0 Å². The average Bonchev–Trinajstić information content (AvgIpc) is 3.18. The molecule has 4 aromatic rings. The molecule has 138 valence electrons. The second-order valence-corrected chi connectivity index (χ2v) is 7.05. The highest BCUT2D eigenvalue weighted by molar-refractivity contribution is 6.33. The molecule has 0 bridgehead atoms. The van der Waals surface area contributed by atoms with Crippen LogP contribution in [0.15, 0.2) is 60.9 Å². The predicted molar refractivity (Wildman–Crippen MR) is 111 cm³/mol. The molecule has 0 saturated heterocycles. The fourth-order valence-electron chi connectivity index (χ4n) is 3.67. The van der Waals surface area contributed by atoms with Gasteiger partial charge in [-0.25, -0.2) is 9.97 Å². The maximum Gasteiger partial charge on any atom is 0.163 e. The first kappa shape index (κ1) is 17.0. The van der Waals surface area contributed by atoms with Crippen molar-refractivity contribution in [3.63, 3.8) is 0 Å². The summed E-state index contributed by atoms with van der Waals surface area (Å²) >= 11 is 6.56. The summed E-state index contributed by atoms with van der Waals surface area (Å²) in [6, 6.07) is 15.7. The molecule has 0 unspecified atom stereocenters. The third-order valence-corrected chi connectivity index (χ3v) is 5.31. The van der Waals surface area contributed by atoms with Gasteiger partial charge in [0.2, 0.25) is 0 Å². The van der Waals surface area contributed by atoms with Gasteiger partial charge in [-0.1, -0.05) is 23.7 Å². The summed E-state index contributed by atoms with van der Waals surface area (Å²) in [5, 5.41) is 1.66. The number of ether oxygens (including phenoxy) is 1. The Hall–Kier alpha value is -3.18. The molecule has 3 heterocycles. The Morgan fingerprint density at radius 1 is 1.07 bits per heavy atom. The van der Waals surface area contributed by atoms with Crippen LogP contribution >= 0.6 is 11.6 Å². The highest BCUT2D eigenvalue weighted by Gasteiger charge is 2.26. The van der Waals surface area contributed by atoms with Crippen LogP contribution in [0.4, 0.5) is 11.5 Å². The summed E-state index contributed by atoms with van der Waals surface area (Å²) in [5.41, 5.74) is 3.97. The van der Waals surface area contributed by atoms with Crippen molar-refractivity contribution in [3.8, 4) is 17.1 Å². The third kappa shape index (κ3) is 2.75. The zero-order chi connectivity index (χ0) is 19.1. The van der Waals surface area contributed by atoms with Crippen molar-refractivity contribution < 1.29 is 4.74 Å². The largest absolute Gasteiger partial charge is 0.497 e. The fraction of sp³-hybridized carbons (Fsp3) is 0.136. The van der Waals surface area contributed by atoms with Gasteiger partial charge in [0.05, 0.1) is 23.3 Å². The number of benzene rings is 2. The molecule has 0 saturated carbocycles. The lowest BCUT2D eigenvalue weighted by Crippen LogP contribution is -2.16. The number of anilines is 2. The smallest absolute Gasteiger partial charge is 0.163 e. The molecular formula is C22H17ClN4O. The van der Waals surface area contributed by atoms with Crippen LogP contribution in [0.1, 0.15) is 5.56 Å². The molecule has 28 heavy (non-hydrogen) atoms. The van der Waals surface area contributed by atoms with Crippen LogP contribution in [-0.2, 0) is 6.42 Å². The number of fused-ring (bicyclic) bond motifs is 2. The summed E-state index contributed by atoms with van der Waals surface area (Å²) in [4.78, 5) is 16.1. The molecule has 5 rings (SSSR count). The van der Waals surface area contributed by atoms with Crippen molar-refractivity contribution in [2.24, 2.45) is 0 Å². The molecule has 1 aliphatic rings. The molecule has 5 nitrogen and oxygen atoms in total. The second kappa shape index (κ2) is 6.77. The summed E-state index contributed by atoms with van der Waals surface area (Å²) < 4.78 is 5.44. The molecule has 2 aromatic heterocycles. The van der Waals surface area contributed by atoms with Gasteiger partial charge >= 0.3 is 0 Å². The van der Waals surface area contributed by atoms with E-state index in [0.717, 1.165) is 51.7 Å². The Labute approximate surface area is 167 Å². The molecule has 0 radical (unpaired) electrons. The standard InChI is InChI=1S/C22H17ClN4O/c1-28-16-7-8-19-17(12-16)22(26-21(25-19)15-5-3-10-24-13-15)27-11-9-14-4-2-6-18(23)20(14)27/h2-8,10,12-13H,9,11H2,1H3. The van der Waals surface area contributed by atoms with Gasteiger partial charge in [0.25, 0.3) is 0 Å². The quantitative estimate of drug-likeness (QED) is 0.491. The van der Waals surface area contributed by atoms with Crippen LogP contribution in [0, 0.1) is 0 Å². The van der Waals surface area contributed by atoms with E-state index in [4.69, 9.17) is 26.3 Å². The predicted octanol–water partition coefficient (Wildman–Crippen LogP) is 5.05. The SMILES string of the molecule is COc1ccc2nc(-c3cccnc3)nc(N3CCc4cccc(Cl)c43)c2c1. The van der Waals surface area contributed by atoms with Crippen molar-refractivity contribution in [2.45, 2.75) is 6.42 Å². The molecule has 6 heteroatoms. The van der Waals surface area contributed by atoms with Gasteiger partial charge in [0, 0.05) is 29.9 Å². The van der Waals surface area contributed by atoms with Crippen LogP contribution in [0.5, 0.6) is 5.75 Å². The second-order valence-electron chi connectivity index (χ2n) is 6.64. The van der Waals surface area contributed by atoms with Crippen molar-refractivity contribution in [2.75, 3.05) is 18.6 Å². The van der Waals surface area contributed by atoms with Crippen LogP contribution in [0.25, 0.3) is 22.3 Å². The van der Waals surface area contributed by atoms with E-state index in [0.29, 0.717) is 5.82 Å². The van der Waals surface area contributed by atoms with Crippen molar-refractivity contribution in [3.05, 3.63) is 71.5 Å².